The van der Waals surface area contributed by atoms with Crippen LogP contribution in [-0.2, 0) is 9.59 Å². The molecule has 5 heteroatoms. The van der Waals surface area contributed by atoms with Crippen LogP contribution < -0.4 is 5.32 Å². The zero-order chi connectivity index (χ0) is 15.6. The van der Waals surface area contributed by atoms with Crippen molar-refractivity contribution in [2.24, 2.45) is 11.8 Å². The molecular weight excluding hydrogens is 286 g/mol. The molecule has 4 nitrogen and oxygen atoms in total. The molecule has 110 valence electrons. The molecule has 1 aromatic rings. The standard InChI is InChI=1S/C16H17NO3S/c1-9(11-7-8-14(19)17-16(11)20)15(21)13-6-4-3-5-12(13)10(2)18/h3-6,9,11H,7-8H2,1-2H3,(H,17,19,20). The maximum Gasteiger partial charge on any atom is 0.230 e. The quantitative estimate of drug-likeness (QED) is 0.526. The minimum Gasteiger partial charge on any atom is -0.296 e. The summed E-state index contributed by atoms with van der Waals surface area (Å²) in [6.07, 6.45) is 0.825. The fourth-order valence-corrected chi connectivity index (χ4v) is 2.96. The molecule has 1 heterocycles. The highest BCUT2D eigenvalue weighted by molar-refractivity contribution is 7.80. The second kappa shape index (κ2) is 6.26. The Morgan fingerprint density at radius 3 is 2.48 bits per heavy atom. The minimum absolute atomic E-state index is 0.0524. The van der Waals surface area contributed by atoms with Crippen LogP contribution in [0.2, 0.25) is 0 Å². The Hall–Kier alpha value is -1.88. The average molecular weight is 303 g/mol. The van der Waals surface area contributed by atoms with E-state index >= 15 is 0 Å². The number of carbonyl (C=O) groups excluding carboxylic acids is 3. The average Bonchev–Trinajstić information content (AvgIpc) is 2.45. The van der Waals surface area contributed by atoms with E-state index in [1.54, 1.807) is 18.2 Å². The van der Waals surface area contributed by atoms with Crippen LogP contribution in [0, 0.1) is 11.8 Å². The first-order chi connectivity index (χ1) is 9.91. The summed E-state index contributed by atoms with van der Waals surface area (Å²) >= 11 is 5.50. The molecule has 2 atom stereocenters. The van der Waals surface area contributed by atoms with E-state index in [4.69, 9.17) is 12.2 Å². The van der Waals surface area contributed by atoms with Gasteiger partial charge >= 0.3 is 0 Å². The van der Waals surface area contributed by atoms with Gasteiger partial charge in [-0.15, -0.1) is 0 Å². The lowest BCUT2D eigenvalue weighted by Gasteiger charge is -2.27. The summed E-state index contributed by atoms with van der Waals surface area (Å²) in [7, 11) is 0. The monoisotopic (exact) mass is 303 g/mol. The number of benzene rings is 1. The molecule has 1 aliphatic heterocycles. The van der Waals surface area contributed by atoms with Crippen LogP contribution in [0.3, 0.4) is 0 Å². The molecule has 0 spiro atoms. The van der Waals surface area contributed by atoms with Crippen molar-refractivity contribution in [3.05, 3.63) is 35.4 Å². The fraction of sp³-hybridized carbons (Fsp3) is 0.375. The lowest BCUT2D eigenvalue weighted by atomic mass is 9.81. The topological polar surface area (TPSA) is 63.2 Å². The van der Waals surface area contributed by atoms with E-state index in [9.17, 15) is 14.4 Å². The zero-order valence-electron chi connectivity index (χ0n) is 12.0. The lowest BCUT2D eigenvalue weighted by molar-refractivity contribution is -0.136. The number of hydrogen-bond acceptors (Lipinski definition) is 4. The van der Waals surface area contributed by atoms with Gasteiger partial charge in [0.1, 0.15) is 0 Å². The number of carbonyl (C=O) groups is 3. The molecule has 0 saturated carbocycles. The van der Waals surface area contributed by atoms with E-state index < -0.39 is 0 Å². The van der Waals surface area contributed by atoms with Gasteiger partial charge in [-0.1, -0.05) is 43.4 Å². The van der Waals surface area contributed by atoms with Gasteiger partial charge in [-0.2, -0.15) is 0 Å². The van der Waals surface area contributed by atoms with Gasteiger partial charge in [0.05, 0.1) is 0 Å². The molecule has 1 fully saturated rings. The first-order valence-electron chi connectivity index (χ1n) is 6.89. The second-order valence-corrected chi connectivity index (χ2v) is 5.75. The number of rotatable bonds is 4. The lowest BCUT2D eigenvalue weighted by Crippen LogP contribution is -2.44. The number of hydrogen-bond donors (Lipinski definition) is 1. The van der Waals surface area contributed by atoms with Gasteiger partial charge in [0.2, 0.25) is 11.8 Å². The smallest absolute Gasteiger partial charge is 0.230 e. The summed E-state index contributed by atoms with van der Waals surface area (Å²) in [6, 6.07) is 7.16. The molecule has 0 aromatic heterocycles. The van der Waals surface area contributed by atoms with Crippen molar-refractivity contribution >= 4 is 34.7 Å². The number of thiocarbonyl (C=S) groups is 1. The van der Waals surface area contributed by atoms with E-state index in [2.05, 4.69) is 5.32 Å². The molecule has 1 saturated heterocycles. The fourth-order valence-electron chi connectivity index (χ4n) is 2.62. The Balaban J connectivity index is 2.26. The summed E-state index contributed by atoms with van der Waals surface area (Å²) in [5, 5.41) is 2.35. The van der Waals surface area contributed by atoms with Crippen molar-refractivity contribution in [1.29, 1.82) is 0 Å². The molecule has 0 bridgehead atoms. The highest BCUT2D eigenvalue weighted by Gasteiger charge is 2.33. The van der Waals surface area contributed by atoms with Gasteiger partial charge in [0, 0.05) is 28.7 Å². The molecular formula is C16H17NO3S. The van der Waals surface area contributed by atoms with E-state index in [-0.39, 0.29) is 29.4 Å². The van der Waals surface area contributed by atoms with Crippen LogP contribution in [0.5, 0.6) is 0 Å². The number of nitrogens with one attached hydrogen (secondary N) is 1. The molecule has 0 aliphatic carbocycles. The predicted octanol–water partition coefficient (Wildman–Crippen LogP) is 2.30. The van der Waals surface area contributed by atoms with Crippen molar-refractivity contribution in [2.75, 3.05) is 0 Å². The Morgan fingerprint density at radius 2 is 1.90 bits per heavy atom. The molecule has 2 rings (SSSR count). The highest BCUT2D eigenvalue weighted by atomic mass is 32.1. The third kappa shape index (κ3) is 3.24. The van der Waals surface area contributed by atoms with Crippen molar-refractivity contribution < 1.29 is 14.4 Å². The number of imide groups is 1. The normalized spacial score (nSPS) is 19.8. The molecule has 2 amide bonds. The van der Waals surface area contributed by atoms with Gasteiger partial charge in [0.15, 0.2) is 5.78 Å². The second-order valence-electron chi connectivity index (χ2n) is 5.31. The minimum atomic E-state index is -0.324. The van der Waals surface area contributed by atoms with Crippen molar-refractivity contribution in [2.45, 2.75) is 26.7 Å². The molecule has 1 aliphatic rings. The summed E-state index contributed by atoms with van der Waals surface area (Å²) in [5.41, 5.74) is 1.28. The third-order valence-corrected chi connectivity index (χ3v) is 4.46. The van der Waals surface area contributed by atoms with Crippen LogP contribution in [0.25, 0.3) is 0 Å². The van der Waals surface area contributed by atoms with Crippen LogP contribution in [0.15, 0.2) is 24.3 Å². The molecule has 21 heavy (non-hydrogen) atoms. The number of amides is 2. The van der Waals surface area contributed by atoms with Gasteiger partial charge in [-0.05, 0) is 18.9 Å². The molecule has 1 N–H and O–H groups in total. The summed E-state index contributed by atoms with van der Waals surface area (Å²) in [5.74, 6) is -1.09. The highest BCUT2D eigenvalue weighted by Crippen LogP contribution is 2.26. The zero-order valence-corrected chi connectivity index (χ0v) is 12.8. The molecule has 1 aromatic carbocycles. The summed E-state index contributed by atoms with van der Waals surface area (Å²) in [4.78, 5) is 35.4. The maximum absolute atomic E-state index is 11.9. The van der Waals surface area contributed by atoms with E-state index in [1.165, 1.54) is 6.92 Å². The SMILES string of the molecule is CC(=O)c1ccccc1C(=S)C(C)C1CCC(=O)NC1=O. The van der Waals surface area contributed by atoms with Crippen LogP contribution in [0.4, 0.5) is 0 Å². The summed E-state index contributed by atoms with van der Waals surface area (Å²) < 4.78 is 0. The Morgan fingerprint density at radius 1 is 1.29 bits per heavy atom. The first kappa shape index (κ1) is 15.5. The van der Waals surface area contributed by atoms with Gasteiger partial charge in [-0.25, -0.2) is 0 Å². The van der Waals surface area contributed by atoms with Crippen molar-refractivity contribution in [1.82, 2.24) is 5.32 Å². The largest absolute Gasteiger partial charge is 0.296 e. The molecule has 2 unspecified atom stereocenters. The van der Waals surface area contributed by atoms with E-state index in [0.717, 1.165) is 0 Å². The van der Waals surface area contributed by atoms with Crippen molar-refractivity contribution in [3.8, 4) is 0 Å². The van der Waals surface area contributed by atoms with E-state index in [1.807, 2.05) is 13.0 Å². The Labute approximate surface area is 128 Å². The van der Waals surface area contributed by atoms with Gasteiger partial charge < -0.3 is 0 Å². The maximum atomic E-state index is 11.9. The number of Topliss-reactive ketones (excluding diaryl/α,β-unsaturated/α-hetero) is 1. The first-order valence-corrected chi connectivity index (χ1v) is 7.30. The number of ketones is 1. The Kier molecular flexibility index (Phi) is 4.63. The van der Waals surface area contributed by atoms with Crippen molar-refractivity contribution in [3.63, 3.8) is 0 Å². The van der Waals surface area contributed by atoms with Crippen LogP contribution in [0.1, 0.15) is 42.6 Å². The third-order valence-electron chi connectivity index (χ3n) is 3.87. The van der Waals surface area contributed by atoms with Gasteiger partial charge in [0.25, 0.3) is 0 Å². The van der Waals surface area contributed by atoms with Gasteiger partial charge in [-0.3, -0.25) is 19.7 Å². The van der Waals surface area contributed by atoms with Crippen LogP contribution in [-0.4, -0.2) is 22.5 Å². The molecule has 0 radical (unpaired) electrons. The predicted molar refractivity (Wildman–Crippen MR) is 83.2 cm³/mol. The van der Waals surface area contributed by atoms with Crippen LogP contribution >= 0.6 is 12.2 Å². The Bertz CT molecular complexity index is 624. The van der Waals surface area contributed by atoms with E-state index in [0.29, 0.717) is 28.8 Å². The summed E-state index contributed by atoms with van der Waals surface area (Å²) in [6.45, 7) is 3.37. The number of piperidine rings is 1.